The van der Waals surface area contributed by atoms with Crippen molar-refractivity contribution in [1.29, 1.82) is 0 Å². The van der Waals surface area contributed by atoms with Crippen molar-refractivity contribution in [3.63, 3.8) is 0 Å². The zero-order valence-electron chi connectivity index (χ0n) is 44.8. The van der Waals surface area contributed by atoms with E-state index in [1.54, 1.807) is 0 Å². The second-order valence-corrected chi connectivity index (χ2v) is 25.3. The molecule has 0 unspecified atom stereocenters. The summed E-state index contributed by atoms with van der Waals surface area (Å²) in [6.07, 6.45) is 0. The minimum absolute atomic E-state index is 0.662. The van der Waals surface area contributed by atoms with Crippen LogP contribution in [0.25, 0.3) is 177 Å². The number of nitrogens with zero attached hydrogens (tertiary/aromatic N) is 5. The molecule has 0 atom stereocenters. The Morgan fingerprint density at radius 1 is 0.214 bits per heavy atom. The molecule has 7 heterocycles. The molecule has 0 amide bonds. The number of rotatable bonds is 6. The Morgan fingerprint density at radius 3 is 0.976 bits per heavy atom. The van der Waals surface area contributed by atoms with Crippen LogP contribution in [0.5, 0.6) is 0 Å². The first-order valence-electron chi connectivity index (χ1n) is 28.4. The average Bonchev–Trinajstić information content (AvgIpc) is 3.99. The summed E-state index contributed by atoms with van der Waals surface area (Å²) in [6, 6.07) is 95.9. The van der Waals surface area contributed by atoms with E-state index in [-0.39, 0.29) is 0 Å². The lowest BCUT2D eigenvalue weighted by Gasteiger charge is -2.13. The molecule has 12 aromatic carbocycles. The predicted octanol–water partition coefficient (Wildman–Crippen LogP) is 21.9. The zero-order valence-corrected chi connectivity index (χ0v) is 47.2. The molecule has 390 valence electrons. The molecule has 0 saturated carbocycles. The second-order valence-electron chi connectivity index (χ2n) is 22.1. The number of hydrogen-bond acceptors (Lipinski definition) is 5. The molecule has 8 heteroatoms. The Balaban J connectivity index is 0.770. The van der Waals surface area contributed by atoms with Gasteiger partial charge in [-0.05, 0) is 115 Å². The van der Waals surface area contributed by atoms with Gasteiger partial charge in [-0.1, -0.05) is 146 Å². The van der Waals surface area contributed by atoms with Crippen LogP contribution in [0.1, 0.15) is 0 Å². The Hall–Kier alpha value is -10.2. The third-order valence-electron chi connectivity index (χ3n) is 17.4. The molecule has 0 saturated heterocycles. The van der Waals surface area contributed by atoms with E-state index in [0.717, 1.165) is 50.7 Å². The molecule has 0 radical (unpaired) electrons. The summed E-state index contributed by atoms with van der Waals surface area (Å²) < 4.78 is 15.0. The molecule has 0 aliphatic rings. The molecule has 19 aromatic rings. The summed E-state index contributed by atoms with van der Waals surface area (Å²) in [5.74, 6) is 0.662. The van der Waals surface area contributed by atoms with Crippen molar-refractivity contribution in [3.05, 3.63) is 261 Å². The van der Waals surface area contributed by atoms with Crippen LogP contribution in [0, 0.1) is 0 Å². The molecular weight excluding hydrogens is 1080 g/mol. The minimum Gasteiger partial charge on any atom is -0.309 e. The van der Waals surface area contributed by atoms with E-state index in [2.05, 4.69) is 275 Å². The molecular formula is C76H43N5S3. The summed E-state index contributed by atoms with van der Waals surface area (Å²) in [4.78, 5) is 11.0. The third kappa shape index (κ3) is 6.81. The van der Waals surface area contributed by atoms with Crippen LogP contribution < -0.4 is 0 Å². The maximum absolute atomic E-state index is 5.50. The lowest BCUT2D eigenvalue weighted by molar-refractivity contribution is 1.15. The van der Waals surface area contributed by atoms with Crippen LogP contribution in [-0.2, 0) is 0 Å². The standard InChI is InChI=1S/C76H43N5S3/c1-7-22-64-50(16-1)56-37-59-53-19-4-10-25-70(53)82-73(59)41-67(56)79(64)47-32-28-44(29-33-47)62-40-63(45-30-34-48(35-31-45)80-65-23-8-2-17-51(65)57-38-60-54-20-5-11-26-71(54)83-74(60)42-68(57)80)78-76(77-62)46-14-13-15-49(36-46)81-66-24-9-3-18-52(66)58-39-61-55-21-6-12-27-72(55)84-75(61)43-69(58)81/h1-43H. The van der Waals surface area contributed by atoms with Gasteiger partial charge in [-0.2, -0.15) is 0 Å². The number of para-hydroxylation sites is 3. The highest BCUT2D eigenvalue weighted by Crippen LogP contribution is 2.45. The molecule has 0 aliphatic carbocycles. The second kappa shape index (κ2) is 17.6. The largest absolute Gasteiger partial charge is 0.309 e. The summed E-state index contributed by atoms with van der Waals surface area (Å²) in [7, 11) is 0. The number of fused-ring (bicyclic) bond motifs is 18. The van der Waals surface area contributed by atoms with Gasteiger partial charge in [0.2, 0.25) is 0 Å². The molecule has 0 fully saturated rings. The fourth-order valence-corrected chi connectivity index (χ4v) is 17.0. The fourth-order valence-electron chi connectivity index (χ4n) is 13.6. The number of aromatic nitrogens is 5. The number of thiophene rings is 3. The van der Waals surface area contributed by atoms with Crippen molar-refractivity contribution in [3.8, 4) is 51.0 Å². The highest BCUT2D eigenvalue weighted by Gasteiger charge is 2.21. The van der Waals surface area contributed by atoms with Gasteiger partial charge in [-0.25, -0.2) is 9.97 Å². The van der Waals surface area contributed by atoms with Crippen molar-refractivity contribution in [1.82, 2.24) is 23.7 Å². The van der Waals surface area contributed by atoms with Gasteiger partial charge in [-0.15, -0.1) is 34.0 Å². The Kier molecular flexibility index (Phi) is 9.75. The lowest BCUT2D eigenvalue weighted by atomic mass is 10.1. The highest BCUT2D eigenvalue weighted by atomic mass is 32.1. The summed E-state index contributed by atoms with van der Waals surface area (Å²) >= 11 is 5.58. The Bertz CT molecular complexity index is 5740. The van der Waals surface area contributed by atoms with Gasteiger partial charge >= 0.3 is 0 Å². The van der Waals surface area contributed by atoms with E-state index >= 15 is 0 Å². The first-order valence-corrected chi connectivity index (χ1v) is 30.8. The molecule has 84 heavy (non-hydrogen) atoms. The van der Waals surface area contributed by atoms with Crippen molar-refractivity contribution >= 4 is 160 Å². The van der Waals surface area contributed by atoms with Crippen LogP contribution >= 0.6 is 34.0 Å². The van der Waals surface area contributed by atoms with E-state index < -0.39 is 0 Å². The molecule has 0 aliphatic heterocycles. The first kappa shape index (κ1) is 46.4. The molecule has 0 bridgehead atoms. The zero-order chi connectivity index (χ0) is 54.7. The van der Waals surface area contributed by atoms with Crippen molar-refractivity contribution < 1.29 is 0 Å². The normalized spacial score (nSPS) is 12.3. The van der Waals surface area contributed by atoms with Crippen LogP contribution in [0.4, 0.5) is 0 Å². The SMILES string of the molecule is c1cc(-c2nc(-c3ccc(-n4c5ccccc5c5cc6c(cc54)sc4ccccc46)cc3)cc(-c3ccc(-n4c5ccccc5c5cc6c(cc54)sc4ccccc46)cc3)n2)cc(-n2c3ccccc3c3cc4c(cc32)sc2ccccc24)c1. The molecule has 7 aromatic heterocycles. The van der Waals surface area contributed by atoms with Crippen LogP contribution in [0.3, 0.4) is 0 Å². The maximum atomic E-state index is 5.50. The summed E-state index contributed by atoms with van der Waals surface area (Å²) in [6.45, 7) is 0. The van der Waals surface area contributed by atoms with E-state index in [1.165, 1.54) is 120 Å². The number of benzene rings is 12. The van der Waals surface area contributed by atoms with Gasteiger partial charge in [0, 0.05) is 127 Å². The molecule has 5 nitrogen and oxygen atoms in total. The van der Waals surface area contributed by atoms with Gasteiger partial charge in [0.1, 0.15) is 0 Å². The Labute approximate surface area is 492 Å². The lowest BCUT2D eigenvalue weighted by Crippen LogP contribution is -1.99. The van der Waals surface area contributed by atoms with Crippen LogP contribution in [0.15, 0.2) is 261 Å². The van der Waals surface area contributed by atoms with Crippen LogP contribution in [0.2, 0.25) is 0 Å². The molecule has 19 rings (SSSR count). The fraction of sp³-hybridized carbons (Fsp3) is 0. The highest BCUT2D eigenvalue weighted by molar-refractivity contribution is 7.26. The van der Waals surface area contributed by atoms with E-state index in [4.69, 9.17) is 9.97 Å². The van der Waals surface area contributed by atoms with Gasteiger partial charge in [0.15, 0.2) is 5.82 Å². The van der Waals surface area contributed by atoms with Crippen molar-refractivity contribution in [2.24, 2.45) is 0 Å². The minimum atomic E-state index is 0.662. The van der Waals surface area contributed by atoms with E-state index in [9.17, 15) is 0 Å². The van der Waals surface area contributed by atoms with E-state index in [0.29, 0.717) is 5.82 Å². The first-order chi connectivity index (χ1) is 41.6. The van der Waals surface area contributed by atoms with Gasteiger partial charge < -0.3 is 13.7 Å². The quantitative estimate of drug-likeness (QED) is 0.166. The van der Waals surface area contributed by atoms with Gasteiger partial charge in [0.05, 0.1) is 44.5 Å². The topological polar surface area (TPSA) is 40.6 Å². The van der Waals surface area contributed by atoms with Gasteiger partial charge in [-0.3, -0.25) is 0 Å². The van der Waals surface area contributed by atoms with Crippen molar-refractivity contribution in [2.75, 3.05) is 0 Å². The molecule has 0 N–H and O–H groups in total. The van der Waals surface area contributed by atoms with Crippen LogP contribution in [-0.4, -0.2) is 23.7 Å². The van der Waals surface area contributed by atoms with Crippen molar-refractivity contribution in [2.45, 2.75) is 0 Å². The van der Waals surface area contributed by atoms with E-state index in [1.807, 2.05) is 34.0 Å². The maximum Gasteiger partial charge on any atom is 0.160 e. The summed E-state index contributed by atoms with van der Waals surface area (Å²) in [5.41, 5.74) is 15.0. The Morgan fingerprint density at radius 2 is 0.571 bits per heavy atom. The number of hydrogen-bond donors (Lipinski definition) is 0. The average molecular weight is 1120 g/mol. The summed E-state index contributed by atoms with van der Waals surface area (Å²) in [5, 5.41) is 15.3. The smallest absolute Gasteiger partial charge is 0.160 e. The molecule has 0 spiro atoms. The van der Waals surface area contributed by atoms with Gasteiger partial charge in [0.25, 0.3) is 0 Å². The monoisotopic (exact) mass is 1120 g/mol. The predicted molar refractivity (Wildman–Crippen MR) is 360 cm³/mol. The third-order valence-corrected chi connectivity index (χ3v) is 20.8.